The molecule has 0 radical (unpaired) electrons. The standard InChI is InChI=1S/C17H20N4O3/c1-3-10(9-22)21-15(18)13(17(23)24-4-2)14-16(21)20-12-8-6-5-7-11(12)19-14/h5-8,10,22H,3-4,9,18H2,1-2H3/t10-/m0/s1. The van der Waals surface area contributed by atoms with Gasteiger partial charge in [-0.3, -0.25) is 0 Å². The first kappa shape index (κ1) is 16.2. The molecule has 3 aromatic rings. The Morgan fingerprint density at radius 2 is 1.96 bits per heavy atom. The van der Waals surface area contributed by atoms with Crippen molar-refractivity contribution in [1.82, 2.24) is 14.5 Å². The van der Waals surface area contributed by atoms with Gasteiger partial charge in [-0.15, -0.1) is 0 Å². The van der Waals surface area contributed by atoms with Crippen LogP contribution in [0.15, 0.2) is 24.3 Å². The molecule has 0 aliphatic heterocycles. The summed E-state index contributed by atoms with van der Waals surface area (Å²) in [5.74, 6) is -0.309. The number of fused-ring (bicyclic) bond motifs is 2. The third kappa shape index (κ3) is 2.46. The number of esters is 1. The third-order valence-electron chi connectivity index (χ3n) is 4.06. The second-order valence-electron chi connectivity index (χ2n) is 5.48. The number of aliphatic hydroxyl groups is 1. The lowest BCUT2D eigenvalue weighted by Gasteiger charge is -2.17. The van der Waals surface area contributed by atoms with E-state index in [1.165, 1.54) is 0 Å². The lowest BCUT2D eigenvalue weighted by Crippen LogP contribution is -2.16. The summed E-state index contributed by atoms with van der Waals surface area (Å²) in [5.41, 5.74) is 8.69. The van der Waals surface area contributed by atoms with Crippen molar-refractivity contribution in [2.45, 2.75) is 26.3 Å². The van der Waals surface area contributed by atoms with Crippen molar-refractivity contribution in [3.8, 4) is 0 Å². The van der Waals surface area contributed by atoms with Gasteiger partial charge < -0.3 is 20.1 Å². The highest BCUT2D eigenvalue weighted by atomic mass is 16.5. The Bertz CT molecular complexity index is 900. The first-order chi connectivity index (χ1) is 11.6. The summed E-state index contributed by atoms with van der Waals surface area (Å²) in [6.07, 6.45) is 0.640. The van der Waals surface area contributed by atoms with Gasteiger partial charge in [0.25, 0.3) is 0 Å². The largest absolute Gasteiger partial charge is 0.462 e. The zero-order valence-electron chi connectivity index (χ0n) is 13.7. The van der Waals surface area contributed by atoms with Crippen molar-refractivity contribution in [2.75, 3.05) is 18.9 Å². The number of carbonyl (C=O) groups is 1. The first-order valence-electron chi connectivity index (χ1n) is 7.96. The van der Waals surface area contributed by atoms with Crippen molar-refractivity contribution in [3.05, 3.63) is 29.8 Å². The molecule has 0 amide bonds. The Labute approximate surface area is 139 Å². The number of nitrogen functional groups attached to an aromatic ring is 1. The maximum absolute atomic E-state index is 12.4. The van der Waals surface area contributed by atoms with Gasteiger partial charge in [0.1, 0.15) is 16.9 Å². The summed E-state index contributed by atoms with van der Waals surface area (Å²) in [4.78, 5) is 21.6. The van der Waals surface area contributed by atoms with Gasteiger partial charge in [0, 0.05) is 0 Å². The molecule has 1 atom stereocenters. The van der Waals surface area contributed by atoms with E-state index in [4.69, 9.17) is 10.5 Å². The molecule has 3 rings (SSSR count). The average molecular weight is 328 g/mol. The van der Waals surface area contributed by atoms with Crippen molar-refractivity contribution in [3.63, 3.8) is 0 Å². The van der Waals surface area contributed by atoms with E-state index in [0.717, 1.165) is 0 Å². The van der Waals surface area contributed by atoms with Gasteiger partial charge >= 0.3 is 5.97 Å². The highest BCUT2D eigenvalue weighted by Crippen LogP contribution is 2.32. The average Bonchev–Trinajstić information content (AvgIpc) is 2.86. The Morgan fingerprint density at radius 3 is 2.54 bits per heavy atom. The minimum absolute atomic E-state index is 0.110. The molecule has 126 valence electrons. The van der Waals surface area contributed by atoms with Crippen molar-refractivity contribution in [2.24, 2.45) is 0 Å². The number of ether oxygens (including phenoxy) is 1. The lowest BCUT2D eigenvalue weighted by molar-refractivity contribution is 0.0529. The molecule has 3 N–H and O–H groups in total. The predicted octanol–water partition coefficient (Wildman–Crippen LogP) is 2.29. The van der Waals surface area contributed by atoms with Gasteiger partial charge in [-0.1, -0.05) is 19.1 Å². The quantitative estimate of drug-likeness (QED) is 0.697. The summed E-state index contributed by atoms with van der Waals surface area (Å²) in [7, 11) is 0. The second kappa shape index (κ2) is 6.45. The van der Waals surface area contributed by atoms with E-state index in [1.54, 1.807) is 11.5 Å². The van der Waals surface area contributed by atoms with E-state index < -0.39 is 5.97 Å². The number of aromatic nitrogens is 3. The predicted molar refractivity (Wildman–Crippen MR) is 91.8 cm³/mol. The van der Waals surface area contributed by atoms with Crippen LogP contribution >= 0.6 is 0 Å². The van der Waals surface area contributed by atoms with Crippen molar-refractivity contribution in [1.29, 1.82) is 0 Å². The molecule has 2 aromatic heterocycles. The van der Waals surface area contributed by atoms with Crippen molar-refractivity contribution < 1.29 is 14.6 Å². The summed E-state index contributed by atoms with van der Waals surface area (Å²) < 4.78 is 6.81. The number of carbonyl (C=O) groups excluding carboxylic acids is 1. The van der Waals surface area contributed by atoms with Crippen LogP contribution in [0, 0.1) is 0 Å². The van der Waals surface area contributed by atoms with Crippen molar-refractivity contribution >= 4 is 34.0 Å². The molecule has 0 saturated heterocycles. The maximum Gasteiger partial charge on any atom is 0.344 e. The molecule has 0 unspecified atom stereocenters. The van der Waals surface area contributed by atoms with Gasteiger partial charge in [-0.05, 0) is 25.5 Å². The van der Waals surface area contributed by atoms with E-state index in [9.17, 15) is 9.90 Å². The van der Waals surface area contributed by atoms with E-state index >= 15 is 0 Å². The third-order valence-corrected chi connectivity index (χ3v) is 4.06. The van der Waals surface area contributed by atoms with Crippen LogP contribution in [-0.2, 0) is 4.74 Å². The normalized spacial score (nSPS) is 12.6. The molecule has 0 fully saturated rings. The van der Waals surface area contributed by atoms with Gasteiger partial charge in [0.05, 0.1) is 30.3 Å². The number of nitrogens with zero attached hydrogens (tertiary/aromatic N) is 3. The van der Waals surface area contributed by atoms with Gasteiger partial charge in [-0.2, -0.15) is 0 Å². The van der Waals surface area contributed by atoms with E-state index in [-0.39, 0.29) is 30.6 Å². The zero-order chi connectivity index (χ0) is 17.3. The van der Waals surface area contributed by atoms with Crippen LogP contribution in [0.4, 0.5) is 5.82 Å². The summed E-state index contributed by atoms with van der Waals surface area (Å²) in [5, 5.41) is 9.69. The number of rotatable bonds is 5. The molecular weight excluding hydrogens is 308 g/mol. The molecule has 1 aromatic carbocycles. The number of aliphatic hydroxyl groups excluding tert-OH is 1. The molecular formula is C17H20N4O3. The maximum atomic E-state index is 12.4. The Balaban J connectivity index is 2.38. The molecule has 24 heavy (non-hydrogen) atoms. The fraction of sp³-hybridized carbons (Fsp3) is 0.353. The molecule has 0 bridgehead atoms. The zero-order valence-corrected chi connectivity index (χ0v) is 13.7. The van der Waals surface area contributed by atoms with Gasteiger partial charge in [0.15, 0.2) is 5.65 Å². The van der Waals surface area contributed by atoms with Crippen LogP contribution in [0.25, 0.3) is 22.2 Å². The second-order valence-corrected chi connectivity index (χ2v) is 5.48. The van der Waals surface area contributed by atoms with Crippen LogP contribution in [0.5, 0.6) is 0 Å². The molecule has 0 aliphatic rings. The fourth-order valence-electron chi connectivity index (χ4n) is 2.85. The highest BCUT2D eigenvalue weighted by Gasteiger charge is 2.27. The summed E-state index contributed by atoms with van der Waals surface area (Å²) >= 11 is 0. The van der Waals surface area contributed by atoms with E-state index in [1.807, 2.05) is 31.2 Å². The number of anilines is 1. The molecule has 0 spiro atoms. The lowest BCUT2D eigenvalue weighted by atomic mass is 10.2. The summed E-state index contributed by atoms with van der Waals surface area (Å²) in [6.45, 7) is 3.80. The number of benzene rings is 1. The fourth-order valence-corrected chi connectivity index (χ4v) is 2.85. The van der Waals surface area contributed by atoms with E-state index in [0.29, 0.717) is 28.6 Å². The highest BCUT2D eigenvalue weighted by molar-refractivity contribution is 6.08. The van der Waals surface area contributed by atoms with Gasteiger partial charge in [0.2, 0.25) is 0 Å². The van der Waals surface area contributed by atoms with Gasteiger partial charge in [-0.25, -0.2) is 14.8 Å². The SMILES string of the molecule is CCOC(=O)c1c(N)n([C@@H](CC)CO)c2nc3ccccc3nc12. The Kier molecular flexibility index (Phi) is 4.35. The smallest absolute Gasteiger partial charge is 0.344 e. The first-order valence-corrected chi connectivity index (χ1v) is 7.96. The van der Waals surface area contributed by atoms with Crippen LogP contribution in [-0.4, -0.2) is 38.8 Å². The molecule has 0 saturated carbocycles. The molecule has 7 heteroatoms. The minimum atomic E-state index is -0.531. The molecule has 0 aliphatic carbocycles. The monoisotopic (exact) mass is 328 g/mol. The molecule has 2 heterocycles. The van der Waals surface area contributed by atoms with Crippen LogP contribution in [0.1, 0.15) is 36.7 Å². The number of hydrogen-bond donors (Lipinski definition) is 2. The number of nitrogens with two attached hydrogens (primary N) is 1. The van der Waals surface area contributed by atoms with Crippen LogP contribution < -0.4 is 5.73 Å². The minimum Gasteiger partial charge on any atom is -0.462 e. The number of para-hydroxylation sites is 2. The van der Waals surface area contributed by atoms with E-state index in [2.05, 4.69) is 9.97 Å². The Morgan fingerprint density at radius 1 is 1.29 bits per heavy atom. The summed E-state index contributed by atoms with van der Waals surface area (Å²) in [6, 6.07) is 7.11. The number of hydrogen-bond acceptors (Lipinski definition) is 6. The van der Waals surface area contributed by atoms with Crippen LogP contribution in [0.3, 0.4) is 0 Å². The topological polar surface area (TPSA) is 103 Å². The Hall–Kier alpha value is -2.67. The molecule has 7 nitrogen and oxygen atoms in total. The van der Waals surface area contributed by atoms with Crippen LogP contribution in [0.2, 0.25) is 0 Å².